The number of hydrogen-bond acceptors (Lipinski definition) is 7. The van der Waals surface area contributed by atoms with Crippen molar-refractivity contribution in [2.75, 3.05) is 19.0 Å². The Bertz CT molecular complexity index is 1930. The van der Waals surface area contributed by atoms with E-state index in [0.717, 1.165) is 43.5 Å². The predicted octanol–water partition coefficient (Wildman–Crippen LogP) is 3.20. The fourth-order valence-electron chi connectivity index (χ4n) is 5.65. The average molecular weight is 615 g/mol. The van der Waals surface area contributed by atoms with E-state index in [2.05, 4.69) is 21.0 Å². The predicted molar refractivity (Wildman–Crippen MR) is 169 cm³/mol. The number of rotatable bonds is 9. The smallest absolute Gasteiger partial charge is 0.346 e. The highest BCUT2D eigenvalue weighted by Gasteiger charge is 2.22. The molecule has 1 saturated heterocycles. The maximum atomic E-state index is 15.5. The van der Waals surface area contributed by atoms with Crippen LogP contribution in [0.15, 0.2) is 58.1 Å². The van der Waals surface area contributed by atoms with E-state index in [1.54, 1.807) is 12.1 Å². The molecule has 1 aromatic heterocycles. The van der Waals surface area contributed by atoms with Crippen molar-refractivity contribution in [3.05, 3.63) is 97.6 Å². The second kappa shape index (κ2) is 12.9. The van der Waals surface area contributed by atoms with Crippen LogP contribution in [0, 0.1) is 19.7 Å². The van der Waals surface area contributed by atoms with Gasteiger partial charge in [-0.15, -0.1) is 0 Å². The highest BCUT2D eigenvalue weighted by atomic mass is 19.1. The third-order valence-electron chi connectivity index (χ3n) is 8.20. The Morgan fingerprint density at radius 3 is 2.42 bits per heavy atom. The van der Waals surface area contributed by atoms with Crippen LogP contribution in [0.4, 0.5) is 10.1 Å². The number of hydrogen-bond donors (Lipinski definition) is 3. The molecule has 1 aliphatic heterocycles. The van der Waals surface area contributed by atoms with Gasteiger partial charge < -0.3 is 20.7 Å². The normalized spacial score (nSPS) is 14.4. The first-order valence-electron chi connectivity index (χ1n) is 14.5. The Hall–Kier alpha value is -5.10. The summed E-state index contributed by atoms with van der Waals surface area (Å²) >= 11 is 0. The van der Waals surface area contributed by atoms with Crippen molar-refractivity contribution in [2.24, 2.45) is 14.1 Å². The van der Waals surface area contributed by atoms with E-state index in [1.165, 1.54) is 27.3 Å². The molecule has 0 bridgehead atoms. The number of halogens is 1. The van der Waals surface area contributed by atoms with Crippen molar-refractivity contribution in [3.8, 4) is 28.0 Å². The third-order valence-corrected chi connectivity index (χ3v) is 8.20. The van der Waals surface area contributed by atoms with Crippen LogP contribution < -0.4 is 31.9 Å². The fourth-order valence-corrected chi connectivity index (χ4v) is 5.65. The fraction of sp³-hybridized carbons (Fsp3) is 0.303. The van der Waals surface area contributed by atoms with E-state index >= 15 is 4.39 Å². The molecule has 12 heteroatoms. The molecule has 11 nitrogen and oxygen atoms in total. The monoisotopic (exact) mass is 614 g/mol. The van der Waals surface area contributed by atoms with Crippen LogP contribution >= 0.6 is 0 Å². The molecule has 45 heavy (non-hydrogen) atoms. The van der Waals surface area contributed by atoms with Crippen molar-refractivity contribution in [2.45, 2.75) is 39.3 Å². The van der Waals surface area contributed by atoms with Crippen molar-refractivity contribution in [1.82, 2.24) is 25.0 Å². The lowest BCUT2D eigenvalue weighted by molar-refractivity contribution is -0.119. The largest absolute Gasteiger partial charge is 0.496 e. The number of methoxy groups -OCH3 is 1. The summed E-state index contributed by atoms with van der Waals surface area (Å²) in [5, 5.41) is 12.7. The summed E-state index contributed by atoms with van der Waals surface area (Å²) in [7, 11) is 4.16. The zero-order chi connectivity index (χ0) is 32.4. The summed E-state index contributed by atoms with van der Waals surface area (Å²) in [4.78, 5) is 49.1. The number of amides is 2. The van der Waals surface area contributed by atoms with Crippen molar-refractivity contribution in [3.63, 3.8) is 0 Å². The number of ether oxygens (including phenoxy) is 1. The van der Waals surface area contributed by atoms with E-state index < -0.39 is 28.7 Å². The molecule has 3 N–H and O–H groups in total. The summed E-state index contributed by atoms with van der Waals surface area (Å²) in [5.41, 5.74) is 3.86. The maximum Gasteiger partial charge on any atom is 0.346 e. The number of benzene rings is 3. The van der Waals surface area contributed by atoms with E-state index in [1.807, 2.05) is 44.2 Å². The summed E-state index contributed by atoms with van der Waals surface area (Å²) < 4.78 is 22.9. The molecule has 1 atom stereocenters. The minimum Gasteiger partial charge on any atom is -0.496 e. The Kier molecular flexibility index (Phi) is 8.96. The molecule has 0 radical (unpaired) electrons. The van der Waals surface area contributed by atoms with Crippen molar-refractivity contribution < 1.29 is 18.7 Å². The van der Waals surface area contributed by atoms with Gasteiger partial charge in [0.1, 0.15) is 11.6 Å². The van der Waals surface area contributed by atoms with Crippen LogP contribution in [0.2, 0.25) is 0 Å². The second-order valence-corrected chi connectivity index (χ2v) is 11.1. The first-order chi connectivity index (χ1) is 21.5. The van der Waals surface area contributed by atoms with Gasteiger partial charge in [0, 0.05) is 50.9 Å². The number of nitrogens with one attached hydrogen (secondary N) is 3. The molecule has 2 amide bonds. The molecule has 5 rings (SSSR count). The zero-order valence-electron chi connectivity index (χ0n) is 25.8. The van der Waals surface area contributed by atoms with Gasteiger partial charge in [-0.3, -0.25) is 19.0 Å². The van der Waals surface area contributed by atoms with Gasteiger partial charge in [-0.2, -0.15) is 5.10 Å². The first kappa shape index (κ1) is 31.3. The Balaban J connectivity index is 1.42. The van der Waals surface area contributed by atoms with Gasteiger partial charge in [-0.05, 0) is 71.8 Å². The van der Waals surface area contributed by atoms with Crippen molar-refractivity contribution in [1.29, 1.82) is 0 Å². The quantitative estimate of drug-likeness (QED) is 0.264. The van der Waals surface area contributed by atoms with Gasteiger partial charge >= 0.3 is 5.69 Å². The van der Waals surface area contributed by atoms with Gasteiger partial charge in [-0.1, -0.05) is 30.3 Å². The minimum atomic E-state index is -0.792. The Morgan fingerprint density at radius 1 is 1.04 bits per heavy atom. The molecular weight excluding hydrogens is 579 g/mol. The number of carbonyl (C=O) groups excluding carboxylic acids is 2. The number of anilines is 1. The van der Waals surface area contributed by atoms with Gasteiger partial charge in [0.2, 0.25) is 11.6 Å². The number of nitrogens with zero attached hydrogens (tertiary/aromatic N) is 3. The molecule has 0 saturated carbocycles. The van der Waals surface area contributed by atoms with E-state index in [-0.39, 0.29) is 18.5 Å². The topological polar surface area (TPSA) is 136 Å². The van der Waals surface area contributed by atoms with Crippen LogP contribution in [-0.4, -0.2) is 45.9 Å². The third kappa shape index (κ3) is 6.27. The molecular formula is C33H35FN6O5. The van der Waals surface area contributed by atoms with Gasteiger partial charge in [0.05, 0.1) is 7.11 Å². The standard InChI is InChI=1S/C33H35FN6O5/c1-18-22(20-14-26(34)25(28(15-20)45-5)17-35-16-21-12-13-29(41)36-21)8-6-9-23(18)24-10-7-11-27(19(24)2)37-31(42)30-32(43)39(3)33(44)40(4)38-30/h6-11,14-15,21,35H,12-13,16-17H2,1-5H3,(H,36,41)(H,37,42). The average Bonchev–Trinajstić information content (AvgIpc) is 3.44. The van der Waals surface area contributed by atoms with Crippen LogP contribution in [0.1, 0.15) is 40.0 Å². The maximum absolute atomic E-state index is 15.5. The molecule has 0 aliphatic carbocycles. The highest BCUT2D eigenvalue weighted by Crippen LogP contribution is 2.37. The lowest BCUT2D eigenvalue weighted by Gasteiger charge is -2.18. The van der Waals surface area contributed by atoms with E-state index in [0.29, 0.717) is 35.5 Å². The molecule has 4 aromatic rings. The number of aromatic nitrogens is 3. The van der Waals surface area contributed by atoms with Gasteiger partial charge in [0.25, 0.3) is 11.5 Å². The van der Waals surface area contributed by atoms with Crippen LogP contribution in [0.3, 0.4) is 0 Å². The molecule has 234 valence electrons. The molecule has 1 fully saturated rings. The lowest BCUT2D eigenvalue weighted by Crippen LogP contribution is -2.43. The summed E-state index contributed by atoms with van der Waals surface area (Å²) in [6, 6.07) is 14.5. The molecule has 2 heterocycles. The summed E-state index contributed by atoms with van der Waals surface area (Å²) in [6.07, 6.45) is 1.26. The van der Waals surface area contributed by atoms with E-state index in [4.69, 9.17) is 4.74 Å². The highest BCUT2D eigenvalue weighted by molar-refractivity contribution is 6.03. The summed E-state index contributed by atoms with van der Waals surface area (Å²) in [6.45, 7) is 4.58. The zero-order valence-corrected chi connectivity index (χ0v) is 25.8. The Morgan fingerprint density at radius 2 is 1.73 bits per heavy atom. The van der Waals surface area contributed by atoms with Crippen LogP contribution in [0.5, 0.6) is 5.75 Å². The second-order valence-electron chi connectivity index (χ2n) is 11.1. The minimum absolute atomic E-state index is 0.0316. The molecule has 3 aromatic carbocycles. The first-order valence-corrected chi connectivity index (χ1v) is 14.5. The van der Waals surface area contributed by atoms with Crippen LogP contribution in [0.25, 0.3) is 22.3 Å². The molecule has 1 aliphatic rings. The number of carbonyl (C=O) groups is 2. The Labute approximate surface area is 259 Å². The van der Waals surface area contributed by atoms with Crippen LogP contribution in [-0.2, 0) is 25.4 Å². The lowest BCUT2D eigenvalue weighted by atomic mass is 9.90. The number of aryl methyl sites for hydroxylation is 1. The SMILES string of the molecule is COc1cc(-c2cccc(-c3cccc(NC(=O)c4nn(C)c(=O)n(C)c4=O)c3C)c2C)cc(F)c1CNCC1CCC(=O)N1. The summed E-state index contributed by atoms with van der Waals surface area (Å²) in [5.74, 6) is -0.695. The van der Waals surface area contributed by atoms with E-state index in [9.17, 15) is 19.2 Å². The molecule has 0 spiro atoms. The van der Waals surface area contributed by atoms with Gasteiger partial charge in [-0.25, -0.2) is 13.9 Å². The molecule has 1 unspecified atom stereocenters. The van der Waals surface area contributed by atoms with Gasteiger partial charge in [0.15, 0.2) is 0 Å². The van der Waals surface area contributed by atoms with Crippen molar-refractivity contribution >= 4 is 17.5 Å².